The van der Waals surface area contributed by atoms with Crippen molar-refractivity contribution in [2.45, 2.75) is 25.9 Å². The zero-order valence-corrected chi connectivity index (χ0v) is 21.8. The molecular weight excluding hydrogens is 476 g/mol. The Hall–Kier alpha value is -4.76. The third-order valence-electron chi connectivity index (χ3n) is 8.31. The minimum Gasteiger partial charge on any atom is -0.484 e. The highest BCUT2D eigenvalue weighted by Crippen LogP contribution is 2.47. The van der Waals surface area contributed by atoms with Gasteiger partial charge in [-0.15, -0.1) is 0 Å². The topological polar surface area (TPSA) is 35.0 Å². The highest BCUT2D eigenvalue weighted by molar-refractivity contribution is 6.23. The number of fused-ring (bicyclic) bond motifs is 9. The molecule has 3 nitrogen and oxygen atoms in total. The molecule has 2 atom stereocenters. The fraction of sp³-hybridized carbons (Fsp3) is 0.111. The number of para-hydroxylation sites is 1. The molecule has 0 amide bonds. The van der Waals surface area contributed by atoms with E-state index >= 15 is 0 Å². The second kappa shape index (κ2) is 8.37. The molecule has 8 rings (SSSR count). The van der Waals surface area contributed by atoms with Crippen LogP contribution in [0.4, 0.5) is 0 Å². The molecule has 2 aliphatic rings. The lowest BCUT2D eigenvalue weighted by Gasteiger charge is -2.16. The Morgan fingerprint density at radius 3 is 2.10 bits per heavy atom. The maximum absolute atomic E-state index is 6.47. The predicted molar refractivity (Wildman–Crippen MR) is 160 cm³/mol. The maximum atomic E-state index is 6.47. The number of hydrogen-bond acceptors (Lipinski definition) is 3. The van der Waals surface area contributed by atoms with E-state index in [0.717, 1.165) is 44.4 Å². The van der Waals surface area contributed by atoms with Crippen LogP contribution in [0.1, 0.15) is 22.6 Å². The third-order valence-corrected chi connectivity index (χ3v) is 8.31. The first-order valence-corrected chi connectivity index (χ1v) is 13.5. The number of nitrogens with zero attached hydrogens (tertiary/aromatic N) is 2. The van der Waals surface area contributed by atoms with Crippen molar-refractivity contribution in [1.82, 2.24) is 9.97 Å². The number of aryl methyl sites for hydroxylation is 2. The average molecular weight is 503 g/mol. The molecule has 0 N–H and O–H groups in total. The van der Waals surface area contributed by atoms with Crippen LogP contribution >= 0.6 is 0 Å². The molecule has 1 aliphatic heterocycles. The van der Waals surface area contributed by atoms with Crippen LogP contribution in [-0.2, 0) is 0 Å². The van der Waals surface area contributed by atoms with Crippen molar-refractivity contribution < 1.29 is 4.74 Å². The van der Waals surface area contributed by atoms with Crippen LogP contribution in [0.2, 0.25) is 0 Å². The van der Waals surface area contributed by atoms with Gasteiger partial charge >= 0.3 is 0 Å². The van der Waals surface area contributed by atoms with Gasteiger partial charge in [-0.05, 0) is 53.5 Å². The second-order valence-electron chi connectivity index (χ2n) is 10.6. The summed E-state index contributed by atoms with van der Waals surface area (Å²) in [5.41, 5.74) is 9.87. The Morgan fingerprint density at radius 1 is 0.641 bits per heavy atom. The van der Waals surface area contributed by atoms with Crippen molar-refractivity contribution in [1.29, 1.82) is 0 Å². The van der Waals surface area contributed by atoms with Gasteiger partial charge in [-0.3, -0.25) is 4.98 Å². The number of ether oxygens (including phenoxy) is 1. The van der Waals surface area contributed by atoms with Crippen LogP contribution in [0.5, 0.6) is 5.75 Å². The Balaban J connectivity index is 1.29. The zero-order valence-electron chi connectivity index (χ0n) is 21.8. The molecule has 39 heavy (non-hydrogen) atoms. The average Bonchev–Trinajstić information content (AvgIpc) is 3.37. The first-order valence-electron chi connectivity index (χ1n) is 13.5. The van der Waals surface area contributed by atoms with Gasteiger partial charge in [0.15, 0.2) is 0 Å². The number of aromatic nitrogens is 2. The summed E-state index contributed by atoms with van der Waals surface area (Å²) in [6.07, 6.45) is 10.6. The van der Waals surface area contributed by atoms with Crippen LogP contribution in [0, 0.1) is 13.8 Å². The minimum atomic E-state index is 0.0746. The Bertz CT molecular complexity index is 2000. The van der Waals surface area contributed by atoms with Crippen LogP contribution in [0.25, 0.3) is 55.0 Å². The molecular formula is C36H26N2O. The first kappa shape index (κ1) is 22.2. The van der Waals surface area contributed by atoms with Crippen molar-refractivity contribution in [2.24, 2.45) is 0 Å². The minimum absolute atomic E-state index is 0.0746. The first-order chi connectivity index (χ1) is 19.2. The standard InChI is InChI=1S/C36H26N2O/c1-21-19-31(22(2)18-30(21)29-16-9-15-28-25-12-7-8-17-33(25)39-36(28)29)32-20-37-34-26-13-5-3-10-23(26)24-11-4-6-14-27(24)35(34)38-32/h3-20,25,33H,1-2H3. The van der Waals surface area contributed by atoms with Crippen LogP contribution in [0.15, 0.2) is 109 Å². The second-order valence-corrected chi connectivity index (χ2v) is 10.6. The van der Waals surface area contributed by atoms with Crippen LogP contribution in [-0.4, -0.2) is 16.1 Å². The lowest BCUT2D eigenvalue weighted by Crippen LogP contribution is -2.15. The molecule has 186 valence electrons. The molecule has 5 aromatic carbocycles. The molecule has 0 radical (unpaired) electrons. The smallest absolute Gasteiger partial charge is 0.132 e. The van der Waals surface area contributed by atoms with E-state index < -0.39 is 0 Å². The van der Waals surface area contributed by atoms with Gasteiger partial charge < -0.3 is 4.74 Å². The van der Waals surface area contributed by atoms with Gasteiger partial charge in [-0.1, -0.05) is 91.0 Å². The summed E-state index contributed by atoms with van der Waals surface area (Å²) >= 11 is 0. The van der Waals surface area contributed by atoms with Crippen molar-refractivity contribution >= 4 is 32.6 Å². The lowest BCUT2D eigenvalue weighted by atomic mass is 9.88. The van der Waals surface area contributed by atoms with E-state index in [1.165, 1.54) is 33.0 Å². The van der Waals surface area contributed by atoms with E-state index in [4.69, 9.17) is 14.7 Å². The van der Waals surface area contributed by atoms with Crippen molar-refractivity contribution in [3.05, 3.63) is 126 Å². The van der Waals surface area contributed by atoms with Gasteiger partial charge in [-0.25, -0.2) is 4.98 Å². The summed E-state index contributed by atoms with van der Waals surface area (Å²) in [5, 5.41) is 4.69. The Morgan fingerprint density at radius 2 is 1.31 bits per heavy atom. The van der Waals surface area contributed by atoms with Crippen LogP contribution < -0.4 is 4.74 Å². The highest BCUT2D eigenvalue weighted by atomic mass is 16.5. The normalized spacial score (nSPS) is 17.5. The maximum Gasteiger partial charge on any atom is 0.132 e. The van der Waals surface area contributed by atoms with Gasteiger partial charge in [0.2, 0.25) is 0 Å². The number of hydrogen-bond donors (Lipinski definition) is 0. The van der Waals surface area contributed by atoms with Gasteiger partial charge in [0, 0.05) is 33.4 Å². The lowest BCUT2D eigenvalue weighted by molar-refractivity contribution is 0.270. The molecule has 3 heteroatoms. The molecule has 1 aliphatic carbocycles. The molecule has 0 spiro atoms. The van der Waals surface area contributed by atoms with E-state index in [1.807, 2.05) is 6.20 Å². The fourth-order valence-electron chi connectivity index (χ4n) is 6.41. The monoisotopic (exact) mass is 502 g/mol. The fourth-order valence-corrected chi connectivity index (χ4v) is 6.41. The van der Waals surface area contributed by atoms with E-state index in [0.29, 0.717) is 0 Å². The largest absolute Gasteiger partial charge is 0.484 e. The molecule has 0 fully saturated rings. The van der Waals surface area contributed by atoms with E-state index in [9.17, 15) is 0 Å². The predicted octanol–water partition coefficient (Wildman–Crippen LogP) is 8.86. The molecule has 0 saturated carbocycles. The van der Waals surface area contributed by atoms with Crippen molar-refractivity contribution in [2.75, 3.05) is 0 Å². The summed E-state index contributed by atoms with van der Waals surface area (Å²) in [4.78, 5) is 10.2. The Labute approximate surface area is 227 Å². The van der Waals surface area contributed by atoms with Crippen molar-refractivity contribution in [3.63, 3.8) is 0 Å². The Kier molecular flexibility index (Phi) is 4.78. The van der Waals surface area contributed by atoms with Gasteiger partial charge in [-0.2, -0.15) is 0 Å². The third kappa shape index (κ3) is 3.29. The summed E-state index contributed by atoms with van der Waals surface area (Å²) < 4.78 is 6.47. The van der Waals surface area contributed by atoms with Gasteiger partial charge in [0.1, 0.15) is 11.9 Å². The molecule has 1 aromatic heterocycles. The molecule has 0 bridgehead atoms. The molecule has 2 heterocycles. The summed E-state index contributed by atoms with van der Waals surface area (Å²) in [5.74, 6) is 1.28. The highest BCUT2D eigenvalue weighted by Gasteiger charge is 2.34. The van der Waals surface area contributed by atoms with E-state index in [-0.39, 0.29) is 12.0 Å². The van der Waals surface area contributed by atoms with Gasteiger partial charge in [0.05, 0.1) is 22.9 Å². The number of rotatable bonds is 2. The SMILES string of the molecule is Cc1cc(-c2cccc3c2OC2C=CC=CC32)c(C)cc1-c1cnc2c3ccccc3c3ccccc3c2n1. The van der Waals surface area contributed by atoms with Gasteiger partial charge in [0.25, 0.3) is 0 Å². The molecule has 0 saturated heterocycles. The summed E-state index contributed by atoms with van der Waals surface area (Å²) in [7, 11) is 0. The summed E-state index contributed by atoms with van der Waals surface area (Å²) in [6.45, 7) is 4.34. The summed E-state index contributed by atoms with van der Waals surface area (Å²) in [6, 6.07) is 28.0. The number of allylic oxidation sites excluding steroid dienone is 2. The molecule has 2 unspecified atom stereocenters. The van der Waals surface area contributed by atoms with Crippen LogP contribution in [0.3, 0.4) is 0 Å². The number of benzene rings is 5. The molecule has 6 aromatic rings. The van der Waals surface area contributed by atoms with E-state index in [2.05, 4.69) is 117 Å². The van der Waals surface area contributed by atoms with E-state index in [1.54, 1.807) is 0 Å². The quantitative estimate of drug-likeness (QED) is 0.222. The zero-order chi connectivity index (χ0) is 26.1. The van der Waals surface area contributed by atoms with Crippen molar-refractivity contribution in [3.8, 4) is 28.1 Å².